The van der Waals surface area contributed by atoms with Gasteiger partial charge in [-0.3, -0.25) is 10.1 Å². The van der Waals surface area contributed by atoms with Gasteiger partial charge < -0.3 is 9.47 Å². The minimum atomic E-state index is -0.741. The summed E-state index contributed by atoms with van der Waals surface area (Å²) < 4.78 is 11.0. The molecule has 0 aliphatic heterocycles. The lowest BCUT2D eigenvalue weighted by Crippen LogP contribution is -2.30. The average Bonchev–Trinajstić information content (AvgIpc) is 3.16. The van der Waals surface area contributed by atoms with E-state index in [0.29, 0.717) is 16.4 Å². The first-order chi connectivity index (χ1) is 13.5. The van der Waals surface area contributed by atoms with Gasteiger partial charge >= 0.3 is 0 Å². The second-order valence-electron chi connectivity index (χ2n) is 6.13. The van der Waals surface area contributed by atoms with Crippen molar-refractivity contribution in [2.45, 2.75) is 20.0 Å². The second kappa shape index (κ2) is 8.55. The molecule has 2 aromatic carbocycles. The normalized spacial score (nSPS) is 11.4. The molecule has 3 rings (SSSR count). The van der Waals surface area contributed by atoms with Gasteiger partial charge in [0.25, 0.3) is 5.91 Å². The number of ether oxygens (including phenoxy) is 2. The van der Waals surface area contributed by atoms with E-state index in [-0.39, 0.29) is 5.91 Å². The first kappa shape index (κ1) is 19.4. The number of carbonyl (C=O) groups excluding carboxylic acids is 1. The van der Waals surface area contributed by atoms with Crippen LogP contribution in [0.15, 0.2) is 47.8 Å². The van der Waals surface area contributed by atoms with Crippen LogP contribution in [0.4, 0.5) is 5.13 Å². The van der Waals surface area contributed by atoms with Crippen molar-refractivity contribution in [3.8, 4) is 28.8 Å². The highest BCUT2D eigenvalue weighted by Crippen LogP contribution is 2.33. The van der Waals surface area contributed by atoms with E-state index in [0.717, 1.165) is 22.6 Å². The maximum atomic E-state index is 12.4. The van der Waals surface area contributed by atoms with Crippen LogP contribution >= 0.6 is 11.3 Å². The molecule has 28 heavy (non-hydrogen) atoms. The molecule has 1 atom stereocenters. The summed E-state index contributed by atoms with van der Waals surface area (Å²) in [6.07, 6.45) is -0.741. The molecule has 1 aromatic heterocycles. The Morgan fingerprint density at radius 1 is 1.29 bits per heavy atom. The average molecular weight is 393 g/mol. The molecule has 1 unspecified atom stereocenters. The van der Waals surface area contributed by atoms with Gasteiger partial charge in [0, 0.05) is 10.9 Å². The van der Waals surface area contributed by atoms with Crippen LogP contribution in [0.2, 0.25) is 0 Å². The molecular formula is C21H19N3O3S. The molecule has 0 spiro atoms. The van der Waals surface area contributed by atoms with Crippen molar-refractivity contribution in [1.29, 1.82) is 5.26 Å². The number of methoxy groups -OCH3 is 1. The molecule has 0 aliphatic carbocycles. The van der Waals surface area contributed by atoms with Gasteiger partial charge in [-0.1, -0.05) is 17.7 Å². The number of nitriles is 1. The summed E-state index contributed by atoms with van der Waals surface area (Å²) in [6.45, 7) is 3.64. The van der Waals surface area contributed by atoms with E-state index in [9.17, 15) is 4.79 Å². The first-order valence-electron chi connectivity index (χ1n) is 8.58. The zero-order valence-corrected chi connectivity index (χ0v) is 16.5. The number of benzene rings is 2. The van der Waals surface area contributed by atoms with Gasteiger partial charge in [-0.15, -0.1) is 11.3 Å². The number of aryl methyl sites for hydroxylation is 1. The number of anilines is 1. The molecule has 1 N–H and O–H groups in total. The molecule has 0 fully saturated rings. The molecular weight excluding hydrogens is 374 g/mol. The monoisotopic (exact) mass is 393 g/mol. The summed E-state index contributed by atoms with van der Waals surface area (Å²) in [7, 11) is 1.61. The fraction of sp³-hybridized carbons (Fsp3) is 0.190. The molecule has 3 aromatic rings. The smallest absolute Gasteiger partial charge is 0.266 e. The third-order valence-corrected chi connectivity index (χ3v) is 4.77. The largest absolute Gasteiger partial charge is 0.496 e. The predicted molar refractivity (Wildman–Crippen MR) is 109 cm³/mol. The number of rotatable bonds is 6. The van der Waals surface area contributed by atoms with Crippen molar-refractivity contribution >= 4 is 22.4 Å². The lowest BCUT2D eigenvalue weighted by Gasteiger charge is -2.13. The number of hydrogen-bond acceptors (Lipinski definition) is 6. The second-order valence-corrected chi connectivity index (χ2v) is 6.99. The third kappa shape index (κ3) is 4.48. The fourth-order valence-corrected chi connectivity index (χ4v) is 3.29. The van der Waals surface area contributed by atoms with Crippen LogP contribution in [0.5, 0.6) is 11.5 Å². The van der Waals surface area contributed by atoms with E-state index in [2.05, 4.69) is 10.3 Å². The Kier molecular flexibility index (Phi) is 5.92. The van der Waals surface area contributed by atoms with Crippen LogP contribution in [-0.2, 0) is 4.79 Å². The van der Waals surface area contributed by atoms with Gasteiger partial charge in [0.05, 0.1) is 24.4 Å². The highest BCUT2D eigenvalue weighted by molar-refractivity contribution is 7.14. The lowest BCUT2D eigenvalue weighted by atomic mass is 10.1. The van der Waals surface area contributed by atoms with Gasteiger partial charge in [0.1, 0.15) is 11.5 Å². The molecule has 0 saturated heterocycles. The fourth-order valence-electron chi connectivity index (χ4n) is 2.58. The van der Waals surface area contributed by atoms with Crippen molar-refractivity contribution < 1.29 is 14.3 Å². The standard InChI is InChI=1S/C21H19N3O3S/c1-13-7-8-19(26-3)17(9-13)18-12-28-21(23-18)24-20(25)14(2)27-16-6-4-5-15(10-16)11-22/h4-10,12,14H,1-3H3,(H,23,24,25). The Balaban J connectivity index is 1.70. The lowest BCUT2D eigenvalue weighted by molar-refractivity contribution is -0.122. The summed E-state index contributed by atoms with van der Waals surface area (Å²) in [6, 6.07) is 14.6. The number of carbonyl (C=O) groups is 1. The SMILES string of the molecule is COc1ccc(C)cc1-c1csc(NC(=O)C(C)Oc2cccc(C#N)c2)n1. The van der Waals surface area contributed by atoms with Crippen LogP contribution in [0.1, 0.15) is 18.1 Å². The molecule has 6 nitrogen and oxygen atoms in total. The summed E-state index contributed by atoms with van der Waals surface area (Å²) in [5.41, 5.74) is 3.17. The highest BCUT2D eigenvalue weighted by atomic mass is 32.1. The van der Waals surface area contributed by atoms with E-state index in [1.807, 2.05) is 36.6 Å². The van der Waals surface area contributed by atoms with Gasteiger partial charge in [-0.05, 0) is 44.2 Å². The third-order valence-electron chi connectivity index (χ3n) is 4.01. The highest BCUT2D eigenvalue weighted by Gasteiger charge is 2.18. The van der Waals surface area contributed by atoms with Crippen LogP contribution in [0, 0.1) is 18.3 Å². The summed E-state index contributed by atoms with van der Waals surface area (Å²) in [4.78, 5) is 16.9. The number of aromatic nitrogens is 1. The Labute approximate surface area is 167 Å². The van der Waals surface area contributed by atoms with Gasteiger partial charge in [-0.2, -0.15) is 5.26 Å². The van der Waals surface area contributed by atoms with Crippen molar-refractivity contribution in [3.05, 3.63) is 59.0 Å². The van der Waals surface area contributed by atoms with E-state index in [1.54, 1.807) is 38.3 Å². The van der Waals surface area contributed by atoms with Crippen LogP contribution < -0.4 is 14.8 Å². The molecule has 142 valence electrons. The van der Waals surface area contributed by atoms with E-state index < -0.39 is 6.10 Å². The molecule has 0 bridgehead atoms. The zero-order valence-electron chi connectivity index (χ0n) is 15.7. The van der Waals surface area contributed by atoms with Crippen molar-refractivity contribution in [2.24, 2.45) is 0 Å². The molecule has 0 radical (unpaired) electrons. The molecule has 0 aliphatic rings. The molecule has 1 amide bonds. The minimum Gasteiger partial charge on any atom is -0.496 e. The topological polar surface area (TPSA) is 84.2 Å². The van der Waals surface area contributed by atoms with Gasteiger partial charge in [0.2, 0.25) is 0 Å². The summed E-state index contributed by atoms with van der Waals surface area (Å²) in [5.74, 6) is 0.869. The van der Waals surface area contributed by atoms with E-state index in [1.165, 1.54) is 11.3 Å². The number of hydrogen-bond donors (Lipinski definition) is 1. The van der Waals surface area contributed by atoms with Crippen LogP contribution in [0.25, 0.3) is 11.3 Å². The number of thiazole rings is 1. The van der Waals surface area contributed by atoms with Crippen LogP contribution in [0.3, 0.4) is 0 Å². The van der Waals surface area contributed by atoms with E-state index in [4.69, 9.17) is 14.7 Å². The number of amides is 1. The minimum absolute atomic E-state index is 0.320. The predicted octanol–water partition coefficient (Wildman–Crippen LogP) is 4.40. The quantitative estimate of drug-likeness (QED) is 0.671. The van der Waals surface area contributed by atoms with Crippen molar-refractivity contribution in [3.63, 3.8) is 0 Å². The Morgan fingerprint density at radius 3 is 2.86 bits per heavy atom. The van der Waals surface area contributed by atoms with Gasteiger partial charge in [-0.25, -0.2) is 4.98 Å². The van der Waals surface area contributed by atoms with Gasteiger partial charge in [0.15, 0.2) is 11.2 Å². The Hall–Kier alpha value is -3.37. The number of nitrogens with one attached hydrogen (secondary N) is 1. The summed E-state index contributed by atoms with van der Waals surface area (Å²) in [5, 5.41) is 14.1. The molecule has 7 heteroatoms. The summed E-state index contributed by atoms with van der Waals surface area (Å²) >= 11 is 1.33. The van der Waals surface area contributed by atoms with Crippen molar-refractivity contribution in [2.75, 3.05) is 12.4 Å². The van der Waals surface area contributed by atoms with Crippen LogP contribution in [-0.4, -0.2) is 24.1 Å². The molecule has 0 saturated carbocycles. The maximum absolute atomic E-state index is 12.4. The Bertz CT molecular complexity index is 1040. The molecule has 1 heterocycles. The first-order valence-corrected chi connectivity index (χ1v) is 9.46. The maximum Gasteiger partial charge on any atom is 0.266 e. The van der Waals surface area contributed by atoms with E-state index >= 15 is 0 Å². The zero-order chi connectivity index (χ0) is 20.1. The Morgan fingerprint density at radius 2 is 2.11 bits per heavy atom. The number of nitrogens with zero attached hydrogens (tertiary/aromatic N) is 2. The van der Waals surface area contributed by atoms with Crippen molar-refractivity contribution in [1.82, 2.24) is 4.98 Å².